The van der Waals surface area contributed by atoms with Gasteiger partial charge in [0.1, 0.15) is 0 Å². The minimum atomic E-state index is -1.57. The largest absolute Gasteiger partial charge is 0.412 e. The molecule has 0 aromatic rings. The summed E-state index contributed by atoms with van der Waals surface area (Å²) in [6.07, 6.45) is 14.5. The SMILES string of the molecule is C[Si](C)(C)O[C@H](C1CCCCC1)[C@H](O[Si](C)(C)C)C1CCCCC1. The molecule has 0 radical (unpaired) electrons. The van der Waals surface area contributed by atoms with Crippen LogP contribution in [0.5, 0.6) is 0 Å². The predicted octanol–water partition coefficient (Wildman–Crippen LogP) is 6.59. The Bertz CT molecular complexity index is 325. The number of rotatable bonds is 7. The van der Waals surface area contributed by atoms with Crippen molar-refractivity contribution < 1.29 is 8.85 Å². The summed E-state index contributed by atoms with van der Waals surface area (Å²) in [5, 5.41) is 0. The van der Waals surface area contributed by atoms with Gasteiger partial charge in [0.2, 0.25) is 0 Å². The molecule has 0 aromatic carbocycles. The van der Waals surface area contributed by atoms with Gasteiger partial charge in [-0.25, -0.2) is 0 Å². The maximum Gasteiger partial charge on any atom is 0.184 e. The Morgan fingerprint density at radius 1 is 0.542 bits per heavy atom. The van der Waals surface area contributed by atoms with Gasteiger partial charge in [-0.05, 0) is 76.8 Å². The molecule has 0 bridgehead atoms. The summed E-state index contributed by atoms with van der Waals surface area (Å²) < 4.78 is 13.7. The molecule has 2 atom stereocenters. The summed E-state index contributed by atoms with van der Waals surface area (Å²) in [5.74, 6) is 1.46. The van der Waals surface area contributed by atoms with E-state index in [2.05, 4.69) is 39.3 Å². The van der Waals surface area contributed by atoms with Crippen LogP contribution in [-0.4, -0.2) is 28.8 Å². The average molecular weight is 371 g/mol. The van der Waals surface area contributed by atoms with Gasteiger partial charge < -0.3 is 8.85 Å². The Morgan fingerprint density at radius 3 is 1.08 bits per heavy atom. The van der Waals surface area contributed by atoms with Gasteiger partial charge in [0.25, 0.3) is 0 Å². The molecule has 2 nitrogen and oxygen atoms in total. The molecule has 0 spiro atoms. The molecule has 2 saturated carbocycles. The van der Waals surface area contributed by atoms with E-state index in [4.69, 9.17) is 8.85 Å². The Kier molecular flexibility index (Phi) is 7.60. The second kappa shape index (κ2) is 8.83. The fraction of sp³-hybridized carbons (Fsp3) is 1.00. The van der Waals surface area contributed by atoms with Gasteiger partial charge in [-0.2, -0.15) is 0 Å². The molecule has 4 heteroatoms. The van der Waals surface area contributed by atoms with E-state index in [1.165, 1.54) is 64.2 Å². The molecule has 24 heavy (non-hydrogen) atoms. The highest BCUT2D eigenvalue weighted by Crippen LogP contribution is 2.39. The summed E-state index contributed by atoms with van der Waals surface area (Å²) in [6, 6.07) is 0. The highest BCUT2D eigenvalue weighted by atomic mass is 28.4. The lowest BCUT2D eigenvalue weighted by Crippen LogP contribution is -2.51. The van der Waals surface area contributed by atoms with E-state index in [1.807, 2.05) is 0 Å². The summed E-state index contributed by atoms with van der Waals surface area (Å²) >= 11 is 0. The van der Waals surface area contributed by atoms with Crippen molar-refractivity contribution in [2.45, 2.75) is 116 Å². The lowest BCUT2D eigenvalue weighted by molar-refractivity contribution is -0.0423. The first-order valence-corrected chi connectivity index (χ1v) is 17.3. The maximum absolute atomic E-state index is 6.87. The lowest BCUT2D eigenvalue weighted by atomic mass is 9.77. The summed E-state index contributed by atoms with van der Waals surface area (Å²) in [6.45, 7) is 14.1. The summed E-state index contributed by atoms with van der Waals surface area (Å²) in [7, 11) is -3.14. The number of hydrogen-bond acceptors (Lipinski definition) is 2. The zero-order valence-corrected chi connectivity index (χ0v) is 19.2. The van der Waals surface area contributed by atoms with Crippen LogP contribution in [0, 0.1) is 11.8 Å². The fourth-order valence-corrected chi connectivity index (χ4v) is 6.89. The van der Waals surface area contributed by atoms with Crippen molar-refractivity contribution in [3.05, 3.63) is 0 Å². The van der Waals surface area contributed by atoms with Crippen LogP contribution in [0.1, 0.15) is 64.2 Å². The molecule has 2 fully saturated rings. The molecule has 2 aliphatic rings. The molecule has 0 unspecified atom stereocenters. The third kappa shape index (κ3) is 6.93. The van der Waals surface area contributed by atoms with Gasteiger partial charge in [-0.3, -0.25) is 0 Å². The van der Waals surface area contributed by atoms with Gasteiger partial charge in [-0.15, -0.1) is 0 Å². The highest BCUT2D eigenvalue weighted by Gasteiger charge is 2.41. The Hall–Kier alpha value is 0.354. The van der Waals surface area contributed by atoms with Crippen LogP contribution in [0.3, 0.4) is 0 Å². The molecular weight excluding hydrogens is 328 g/mol. The van der Waals surface area contributed by atoms with Crippen LogP contribution in [0.25, 0.3) is 0 Å². The first kappa shape index (κ1) is 20.7. The molecule has 0 aliphatic heterocycles. The molecule has 2 aliphatic carbocycles. The summed E-state index contributed by atoms with van der Waals surface area (Å²) in [4.78, 5) is 0. The molecule has 142 valence electrons. The normalized spacial score (nSPS) is 24.8. The van der Waals surface area contributed by atoms with E-state index < -0.39 is 16.6 Å². The Labute approximate surface area is 153 Å². The smallest absolute Gasteiger partial charge is 0.184 e. The molecule has 0 saturated heterocycles. The third-order valence-corrected chi connectivity index (χ3v) is 7.49. The Morgan fingerprint density at radius 2 is 0.833 bits per heavy atom. The van der Waals surface area contributed by atoms with Crippen molar-refractivity contribution in [1.82, 2.24) is 0 Å². The summed E-state index contributed by atoms with van der Waals surface area (Å²) in [5.41, 5.74) is 0. The Balaban J connectivity index is 2.22. The molecule has 0 amide bonds. The van der Waals surface area contributed by atoms with Crippen LogP contribution in [-0.2, 0) is 8.85 Å². The van der Waals surface area contributed by atoms with E-state index in [9.17, 15) is 0 Å². The highest BCUT2D eigenvalue weighted by molar-refractivity contribution is 6.70. The van der Waals surface area contributed by atoms with Crippen LogP contribution in [0.2, 0.25) is 39.3 Å². The zero-order chi connectivity index (χ0) is 17.8. The van der Waals surface area contributed by atoms with E-state index in [-0.39, 0.29) is 0 Å². The van der Waals surface area contributed by atoms with Crippen molar-refractivity contribution >= 4 is 16.6 Å². The van der Waals surface area contributed by atoms with Crippen molar-refractivity contribution in [3.8, 4) is 0 Å². The third-order valence-electron chi connectivity index (χ3n) is 5.53. The topological polar surface area (TPSA) is 18.5 Å². The van der Waals surface area contributed by atoms with Crippen molar-refractivity contribution in [3.63, 3.8) is 0 Å². The van der Waals surface area contributed by atoms with E-state index in [0.717, 1.165) is 11.8 Å². The second-order valence-corrected chi connectivity index (χ2v) is 19.1. The van der Waals surface area contributed by atoms with Crippen LogP contribution in [0.15, 0.2) is 0 Å². The van der Waals surface area contributed by atoms with Crippen LogP contribution in [0.4, 0.5) is 0 Å². The second-order valence-electron chi connectivity index (χ2n) is 10.2. The quantitative estimate of drug-likeness (QED) is 0.471. The van der Waals surface area contributed by atoms with Gasteiger partial charge in [-0.1, -0.05) is 38.5 Å². The standard InChI is InChI=1S/C20H42O2Si2/c1-23(2,3)21-19(17-13-9-7-10-14-17)20(22-24(4,5)6)18-15-11-8-12-16-18/h17-20H,7-16H2,1-6H3/t19-,20-/m1/s1. The molecular formula is C20H42O2Si2. The molecule has 0 N–H and O–H groups in total. The van der Waals surface area contributed by atoms with Crippen LogP contribution >= 0.6 is 0 Å². The van der Waals surface area contributed by atoms with E-state index in [1.54, 1.807) is 0 Å². The minimum absolute atomic E-state index is 0.354. The first-order valence-electron chi connectivity index (χ1n) is 10.5. The van der Waals surface area contributed by atoms with Gasteiger partial charge in [0.15, 0.2) is 16.6 Å². The molecule has 0 heterocycles. The minimum Gasteiger partial charge on any atom is -0.412 e. The fourth-order valence-electron chi connectivity index (χ4n) is 4.60. The number of hydrogen-bond donors (Lipinski definition) is 0. The van der Waals surface area contributed by atoms with Gasteiger partial charge in [0, 0.05) is 0 Å². The molecule has 0 aromatic heterocycles. The van der Waals surface area contributed by atoms with Gasteiger partial charge in [0.05, 0.1) is 12.2 Å². The lowest BCUT2D eigenvalue weighted by Gasteiger charge is -2.45. The van der Waals surface area contributed by atoms with E-state index >= 15 is 0 Å². The van der Waals surface area contributed by atoms with Crippen molar-refractivity contribution in [1.29, 1.82) is 0 Å². The van der Waals surface area contributed by atoms with Gasteiger partial charge >= 0.3 is 0 Å². The average Bonchev–Trinajstić information content (AvgIpc) is 2.50. The van der Waals surface area contributed by atoms with E-state index in [0.29, 0.717) is 12.2 Å². The molecule has 2 rings (SSSR count). The monoisotopic (exact) mass is 370 g/mol. The van der Waals surface area contributed by atoms with Crippen molar-refractivity contribution in [2.24, 2.45) is 11.8 Å². The van der Waals surface area contributed by atoms with Crippen molar-refractivity contribution in [2.75, 3.05) is 0 Å². The van der Waals surface area contributed by atoms with Crippen LogP contribution < -0.4 is 0 Å². The predicted molar refractivity (Wildman–Crippen MR) is 110 cm³/mol. The maximum atomic E-state index is 6.87. The first-order chi connectivity index (χ1) is 11.2. The zero-order valence-electron chi connectivity index (χ0n) is 17.2.